The van der Waals surface area contributed by atoms with Crippen LogP contribution in [0.15, 0.2) is 24.5 Å². The molecule has 2 rings (SSSR count). The summed E-state index contributed by atoms with van der Waals surface area (Å²) in [6, 6.07) is 4.09. The molecule has 2 heterocycles. The molecule has 0 radical (unpaired) electrons. The summed E-state index contributed by atoms with van der Waals surface area (Å²) in [5, 5.41) is 7.52. The lowest BCUT2D eigenvalue weighted by Gasteiger charge is -2.08. The van der Waals surface area contributed by atoms with Gasteiger partial charge in [0.1, 0.15) is 0 Å². The van der Waals surface area contributed by atoms with E-state index in [0.717, 1.165) is 37.5 Å². The lowest BCUT2D eigenvalue weighted by Crippen LogP contribution is -2.12. The number of aryl methyl sites for hydroxylation is 2. The van der Waals surface area contributed by atoms with Crippen LogP contribution in [0, 0.1) is 0 Å². The highest BCUT2D eigenvalue weighted by Gasteiger charge is 2.06. The predicted molar refractivity (Wildman–Crippen MR) is 79.0 cm³/mol. The fourth-order valence-electron chi connectivity index (χ4n) is 1.92. The van der Waals surface area contributed by atoms with E-state index >= 15 is 0 Å². The molecule has 0 unspecified atom stereocenters. The molecule has 0 spiro atoms. The van der Waals surface area contributed by atoms with Gasteiger partial charge in [0.2, 0.25) is 5.88 Å². The fourth-order valence-corrected chi connectivity index (χ4v) is 1.92. The molecule has 5 nitrogen and oxygen atoms in total. The van der Waals surface area contributed by atoms with Gasteiger partial charge < -0.3 is 10.1 Å². The van der Waals surface area contributed by atoms with E-state index in [1.165, 1.54) is 5.56 Å². The van der Waals surface area contributed by atoms with Crippen LogP contribution in [0.5, 0.6) is 11.6 Å². The quantitative estimate of drug-likeness (QED) is 0.843. The van der Waals surface area contributed by atoms with E-state index in [2.05, 4.69) is 35.3 Å². The van der Waals surface area contributed by atoms with Gasteiger partial charge in [-0.25, -0.2) is 4.98 Å². The van der Waals surface area contributed by atoms with Gasteiger partial charge in [0.15, 0.2) is 5.75 Å². The number of rotatable bonds is 7. The Labute approximate surface area is 120 Å². The second kappa shape index (κ2) is 7.05. The van der Waals surface area contributed by atoms with Gasteiger partial charge in [-0.05, 0) is 31.5 Å². The Kier molecular flexibility index (Phi) is 5.12. The molecule has 1 N–H and O–H groups in total. The van der Waals surface area contributed by atoms with Crippen LogP contribution >= 0.6 is 0 Å². The molecular formula is C15H22N4O. The molecule has 2 aromatic rings. The first kappa shape index (κ1) is 14.5. The molecule has 0 saturated carbocycles. The molecule has 5 heteroatoms. The summed E-state index contributed by atoms with van der Waals surface area (Å²) in [5.41, 5.74) is 2.23. The molecule has 108 valence electrons. The summed E-state index contributed by atoms with van der Waals surface area (Å²) in [5.74, 6) is 1.36. The highest BCUT2D eigenvalue weighted by molar-refractivity contribution is 5.29. The van der Waals surface area contributed by atoms with Crippen molar-refractivity contribution in [1.82, 2.24) is 20.1 Å². The monoisotopic (exact) mass is 274 g/mol. The third-order valence-electron chi connectivity index (χ3n) is 3.01. The molecule has 20 heavy (non-hydrogen) atoms. The van der Waals surface area contributed by atoms with Crippen LogP contribution in [0.25, 0.3) is 0 Å². The van der Waals surface area contributed by atoms with Crippen LogP contribution in [0.2, 0.25) is 0 Å². The van der Waals surface area contributed by atoms with Crippen LogP contribution in [0.4, 0.5) is 0 Å². The summed E-state index contributed by atoms with van der Waals surface area (Å²) < 4.78 is 7.63. The van der Waals surface area contributed by atoms with Gasteiger partial charge in [-0.1, -0.05) is 13.8 Å². The lowest BCUT2D eigenvalue weighted by molar-refractivity contribution is 0.458. The second-order valence-electron chi connectivity index (χ2n) is 4.57. The average Bonchev–Trinajstić information content (AvgIpc) is 2.92. The Hall–Kier alpha value is -1.88. The Morgan fingerprint density at radius 2 is 2.10 bits per heavy atom. The molecule has 0 amide bonds. The summed E-state index contributed by atoms with van der Waals surface area (Å²) in [4.78, 5) is 4.50. The van der Waals surface area contributed by atoms with Crippen molar-refractivity contribution in [2.45, 2.75) is 40.3 Å². The number of nitrogens with zero attached hydrogens (tertiary/aromatic N) is 3. The first-order valence-electron chi connectivity index (χ1n) is 7.16. The van der Waals surface area contributed by atoms with Crippen LogP contribution in [-0.2, 0) is 19.5 Å². The van der Waals surface area contributed by atoms with E-state index < -0.39 is 0 Å². The Balaban J connectivity index is 2.16. The van der Waals surface area contributed by atoms with Gasteiger partial charge in [0, 0.05) is 24.8 Å². The largest absolute Gasteiger partial charge is 0.436 e. The maximum atomic E-state index is 5.80. The second-order valence-corrected chi connectivity index (χ2v) is 4.57. The van der Waals surface area contributed by atoms with Gasteiger partial charge in [0.05, 0.1) is 12.4 Å². The fraction of sp³-hybridized carbons (Fsp3) is 0.467. The van der Waals surface area contributed by atoms with E-state index in [4.69, 9.17) is 4.74 Å². The number of hydrogen-bond acceptors (Lipinski definition) is 4. The molecule has 0 atom stereocenters. The van der Waals surface area contributed by atoms with E-state index in [1.807, 2.05) is 23.9 Å². The molecule has 0 aliphatic rings. The lowest BCUT2D eigenvalue weighted by atomic mass is 10.2. The zero-order chi connectivity index (χ0) is 14.4. The molecule has 0 saturated heterocycles. The van der Waals surface area contributed by atoms with Crippen molar-refractivity contribution < 1.29 is 4.74 Å². The molecule has 0 bridgehead atoms. The zero-order valence-corrected chi connectivity index (χ0v) is 12.4. The summed E-state index contributed by atoms with van der Waals surface area (Å²) in [6.07, 6.45) is 4.49. The standard InChI is InChI=1S/C15H22N4O/c1-4-13-7-12(9-16-5-2)8-15(18-13)20-14-10-17-19(6-3)11-14/h7-8,10-11,16H,4-6,9H2,1-3H3. The third kappa shape index (κ3) is 3.81. The minimum atomic E-state index is 0.632. The van der Waals surface area contributed by atoms with Crippen molar-refractivity contribution in [1.29, 1.82) is 0 Å². The number of ether oxygens (including phenoxy) is 1. The number of hydrogen-bond donors (Lipinski definition) is 1. The van der Waals surface area contributed by atoms with Crippen molar-refractivity contribution in [2.75, 3.05) is 6.54 Å². The van der Waals surface area contributed by atoms with Gasteiger partial charge in [-0.15, -0.1) is 0 Å². The Morgan fingerprint density at radius 3 is 2.75 bits per heavy atom. The number of pyridine rings is 1. The van der Waals surface area contributed by atoms with Crippen molar-refractivity contribution in [3.05, 3.63) is 35.8 Å². The molecule has 0 aliphatic carbocycles. The Bertz CT molecular complexity index is 551. The Morgan fingerprint density at radius 1 is 1.25 bits per heavy atom. The molecule has 0 fully saturated rings. The zero-order valence-electron chi connectivity index (χ0n) is 12.4. The van der Waals surface area contributed by atoms with Gasteiger partial charge in [-0.3, -0.25) is 4.68 Å². The smallest absolute Gasteiger partial charge is 0.219 e. The van der Waals surface area contributed by atoms with E-state index in [9.17, 15) is 0 Å². The predicted octanol–water partition coefficient (Wildman–Crippen LogP) is 2.76. The minimum absolute atomic E-state index is 0.632. The van der Waals surface area contributed by atoms with E-state index in [1.54, 1.807) is 6.20 Å². The van der Waals surface area contributed by atoms with Gasteiger partial charge >= 0.3 is 0 Å². The van der Waals surface area contributed by atoms with E-state index in [-0.39, 0.29) is 0 Å². The van der Waals surface area contributed by atoms with Gasteiger partial charge in [0.25, 0.3) is 0 Å². The van der Waals surface area contributed by atoms with Crippen LogP contribution < -0.4 is 10.1 Å². The minimum Gasteiger partial charge on any atom is -0.436 e. The number of aromatic nitrogens is 3. The van der Waals surface area contributed by atoms with Crippen molar-refractivity contribution >= 4 is 0 Å². The maximum Gasteiger partial charge on any atom is 0.219 e. The van der Waals surface area contributed by atoms with E-state index in [0.29, 0.717) is 5.88 Å². The number of nitrogens with one attached hydrogen (secondary N) is 1. The average molecular weight is 274 g/mol. The maximum absolute atomic E-state index is 5.80. The molecule has 2 aromatic heterocycles. The highest BCUT2D eigenvalue weighted by Crippen LogP contribution is 2.21. The molecule has 0 aromatic carbocycles. The first-order valence-corrected chi connectivity index (χ1v) is 7.16. The van der Waals surface area contributed by atoms with Crippen molar-refractivity contribution in [3.8, 4) is 11.6 Å². The first-order chi connectivity index (χ1) is 9.75. The third-order valence-corrected chi connectivity index (χ3v) is 3.01. The van der Waals surface area contributed by atoms with Crippen LogP contribution in [-0.4, -0.2) is 21.3 Å². The summed E-state index contributed by atoms with van der Waals surface area (Å²) in [6.45, 7) is 8.84. The van der Waals surface area contributed by atoms with Crippen LogP contribution in [0.1, 0.15) is 32.0 Å². The van der Waals surface area contributed by atoms with Crippen LogP contribution in [0.3, 0.4) is 0 Å². The molecular weight excluding hydrogens is 252 g/mol. The normalized spacial score (nSPS) is 10.8. The van der Waals surface area contributed by atoms with Crippen molar-refractivity contribution in [3.63, 3.8) is 0 Å². The summed E-state index contributed by atoms with van der Waals surface area (Å²) >= 11 is 0. The summed E-state index contributed by atoms with van der Waals surface area (Å²) in [7, 11) is 0. The highest BCUT2D eigenvalue weighted by atomic mass is 16.5. The molecule has 0 aliphatic heterocycles. The SMILES string of the molecule is CCNCc1cc(CC)nc(Oc2cnn(CC)c2)c1. The van der Waals surface area contributed by atoms with Gasteiger partial charge in [-0.2, -0.15) is 5.10 Å². The van der Waals surface area contributed by atoms with Crippen molar-refractivity contribution in [2.24, 2.45) is 0 Å². The topological polar surface area (TPSA) is 52.0 Å².